The summed E-state index contributed by atoms with van der Waals surface area (Å²) in [5.41, 5.74) is 4.32. The molecule has 0 atom stereocenters. The van der Waals surface area contributed by atoms with E-state index in [1.807, 2.05) is 43.3 Å². The van der Waals surface area contributed by atoms with E-state index in [1.54, 1.807) is 35.1 Å². The van der Waals surface area contributed by atoms with Crippen LogP contribution in [-0.4, -0.2) is 36.1 Å². The van der Waals surface area contributed by atoms with E-state index in [0.717, 1.165) is 33.7 Å². The van der Waals surface area contributed by atoms with Crippen LogP contribution in [0.4, 0.5) is 0 Å². The molecule has 0 aliphatic rings. The van der Waals surface area contributed by atoms with Gasteiger partial charge in [-0.2, -0.15) is 9.73 Å². The Kier molecular flexibility index (Phi) is 14.5. The summed E-state index contributed by atoms with van der Waals surface area (Å²) in [6, 6.07) is 18.4. The summed E-state index contributed by atoms with van der Waals surface area (Å²) >= 11 is 0. The van der Waals surface area contributed by atoms with E-state index >= 15 is 0 Å². The maximum atomic E-state index is 11.8. The van der Waals surface area contributed by atoms with Gasteiger partial charge in [-0.1, -0.05) is 12.1 Å². The van der Waals surface area contributed by atoms with Gasteiger partial charge < -0.3 is 54.4 Å². The average molecular weight is 583 g/mol. The van der Waals surface area contributed by atoms with E-state index in [-0.39, 0.29) is 76.2 Å². The summed E-state index contributed by atoms with van der Waals surface area (Å²) in [6.45, 7) is 2.55. The zero-order valence-corrected chi connectivity index (χ0v) is 22.9. The third-order valence-electron chi connectivity index (χ3n) is 4.43. The van der Waals surface area contributed by atoms with Gasteiger partial charge in [0.2, 0.25) is 0 Å². The van der Waals surface area contributed by atoms with Crippen molar-refractivity contribution in [2.24, 2.45) is 0 Å². The Bertz CT molecular complexity index is 1250. The first-order valence-electron chi connectivity index (χ1n) is 8.85. The SMILES string of the molecule is CCOc1ccc(-c2nn3ncccc3c2-c2ccc(S(C)(=O)=O)cc2)cc1.[Cl-].[Cl-].[Cl-].[Cl-].[Ti+4]. The number of halogens is 4. The molecule has 0 saturated heterocycles. The predicted molar refractivity (Wildman–Crippen MR) is 108 cm³/mol. The molecule has 0 aliphatic heterocycles. The number of hydrogen-bond donors (Lipinski definition) is 0. The fourth-order valence-corrected chi connectivity index (χ4v) is 3.76. The summed E-state index contributed by atoms with van der Waals surface area (Å²) in [7, 11) is -3.25. The smallest absolute Gasteiger partial charge is 1.00 e. The Morgan fingerprint density at radius 1 is 0.879 bits per heavy atom. The van der Waals surface area contributed by atoms with Gasteiger partial charge in [0.1, 0.15) is 11.4 Å². The van der Waals surface area contributed by atoms with Gasteiger partial charge in [-0.15, -0.1) is 5.10 Å². The van der Waals surface area contributed by atoms with Crippen molar-refractivity contribution < 1.29 is 84.5 Å². The number of hydrogen-bond acceptors (Lipinski definition) is 5. The van der Waals surface area contributed by atoms with E-state index in [0.29, 0.717) is 6.61 Å². The van der Waals surface area contributed by atoms with Crippen molar-refractivity contribution in [3.8, 4) is 28.1 Å². The summed E-state index contributed by atoms with van der Waals surface area (Å²) in [6.07, 6.45) is 2.88. The molecule has 4 rings (SSSR count). The third-order valence-corrected chi connectivity index (χ3v) is 5.56. The molecule has 0 fully saturated rings. The standard InChI is InChI=1S/C21H19N3O3S.4ClH.Ti/c1-3-27-17-10-6-16(7-11-17)21-20(19-5-4-14-22-24(19)23-21)15-8-12-18(13-9-15)28(2,25)26;;;;;/h4-14H,3H2,1-2H3;4*1H;/q;;;;;+4/p-4. The van der Waals surface area contributed by atoms with Crippen molar-refractivity contribution in [1.29, 1.82) is 0 Å². The monoisotopic (exact) mass is 581 g/mol. The second-order valence-corrected chi connectivity index (χ2v) is 8.39. The van der Waals surface area contributed by atoms with Gasteiger partial charge in [0, 0.05) is 23.6 Å². The van der Waals surface area contributed by atoms with Crippen LogP contribution < -0.4 is 54.4 Å². The molecule has 0 bridgehead atoms. The molecule has 33 heavy (non-hydrogen) atoms. The maximum Gasteiger partial charge on any atom is 4.00 e. The van der Waals surface area contributed by atoms with E-state index in [1.165, 1.54) is 6.26 Å². The first-order valence-corrected chi connectivity index (χ1v) is 10.7. The summed E-state index contributed by atoms with van der Waals surface area (Å²) in [5, 5.41) is 8.95. The van der Waals surface area contributed by atoms with Crippen LogP contribution in [0.25, 0.3) is 27.9 Å². The Balaban J connectivity index is 0. The van der Waals surface area contributed by atoms with E-state index in [2.05, 4.69) is 10.2 Å². The van der Waals surface area contributed by atoms with Crippen LogP contribution in [0.5, 0.6) is 5.75 Å². The quantitative estimate of drug-likeness (QED) is 0.219. The summed E-state index contributed by atoms with van der Waals surface area (Å²) in [5.74, 6) is 0.798. The molecular weight excluding hydrogens is 564 g/mol. The maximum absolute atomic E-state index is 11.8. The molecule has 0 amide bonds. The molecule has 12 heteroatoms. The van der Waals surface area contributed by atoms with E-state index < -0.39 is 9.84 Å². The number of benzene rings is 2. The number of sulfone groups is 1. The van der Waals surface area contributed by atoms with Gasteiger partial charge in [0.25, 0.3) is 0 Å². The second kappa shape index (κ2) is 14.2. The van der Waals surface area contributed by atoms with Crippen molar-refractivity contribution in [3.05, 3.63) is 66.9 Å². The largest absolute Gasteiger partial charge is 4.00 e. The number of rotatable bonds is 5. The molecule has 6 nitrogen and oxygen atoms in total. The Hall–Kier alpha value is -1.32. The third kappa shape index (κ3) is 7.33. The van der Waals surface area contributed by atoms with Crippen molar-refractivity contribution in [2.45, 2.75) is 11.8 Å². The second-order valence-electron chi connectivity index (χ2n) is 6.38. The topological polar surface area (TPSA) is 73.6 Å². The molecule has 0 saturated carbocycles. The molecular formula is C21H19Cl4N3O3STi. The molecule has 0 N–H and O–H groups in total. The van der Waals surface area contributed by atoms with Gasteiger partial charge in [-0.3, -0.25) is 0 Å². The minimum absolute atomic E-state index is 0. The number of aromatic nitrogens is 3. The van der Waals surface area contributed by atoms with E-state index in [4.69, 9.17) is 4.74 Å². The van der Waals surface area contributed by atoms with Crippen molar-refractivity contribution >= 4 is 15.4 Å². The minimum Gasteiger partial charge on any atom is -1.00 e. The van der Waals surface area contributed by atoms with Crippen LogP contribution in [0.3, 0.4) is 0 Å². The number of ether oxygens (including phenoxy) is 1. The average Bonchev–Trinajstić information content (AvgIpc) is 3.08. The molecule has 174 valence electrons. The van der Waals surface area contributed by atoms with Gasteiger partial charge in [0.05, 0.1) is 17.0 Å². The first kappa shape index (κ1) is 33.9. The Labute approximate surface area is 232 Å². The fraction of sp³-hybridized carbons (Fsp3) is 0.143. The summed E-state index contributed by atoms with van der Waals surface area (Å²) < 4.78 is 30.7. The predicted octanol–water partition coefficient (Wildman–Crippen LogP) is -8.12. The van der Waals surface area contributed by atoms with Crippen LogP contribution in [0.1, 0.15) is 6.92 Å². The minimum atomic E-state index is -3.25. The zero-order valence-electron chi connectivity index (χ0n) is 17.5. The summed E-state index contributed by atoms with van der Waals surface area (Å²) in [4.78, 5) is 0.286. The van der Waals surface area contributed by atoms with Crippen LogP contribution in [-0.2, 0) is 31.6 Å². The molecule has 2 aromatic carbocycles. The molecule has 0 spiro atoms. The van der Waals surface area contributed by atoms with Crippen LogP contribution in [0.2, 0.25) is 0 Å². The molecule has 4 aromatic rings. The van der Waals surface area contributed by atoms with E-state index in [9.17, 15) is 8.42 Å². The van der Waals surface area contributed by atoms with Crippen LogP contribution in [0, 0.1) is 0 Å². The molecule has 0 radical (unpaired) electrons. The number of fused-ring (bicyclic) bond motifs is 1. The van der Waals surface area contributed by atoms with Crippen molar-refractivity contribution in [2.75, 3.05) is 12.9 Å². The molecule has 2 heterocycles. The molecule has 2 aromatic heterocycles. The first-order chi connectivity index (χ1) is 13.5. The zero-order chi connectivity index (χ0) is 19.7. The van der Waals surface area contributed by atoms with Crippen molar-refractivity contribution in [3.63, 3.8) is 0 Å². The van der Waals surface area contributed by atoms with Gasteiger partial charge in [-0.25, -0.2) is 8.42 Å². The van der Waals surface area contributed by atoms with Gasteiger partial charge >= 0.3 is 21.7 Å². The Morgan fingerprint density at radius 3 is 2.00 bits per heavy atom. The number of nitrogens with zero attached hydrogens (tertiary/aromatic N) is 3. The van der Waals surface area contributed by atoms with Crippen molar-refractivity contribution in [1.82, 2.24) is 14.8 Å². The molecule has 0 unspecified atom stereocenters. The van der Waals surface area contributed by atoms with Gasteiger partial charge in [-0.05, 0) is 61.0 Å². The normalized spacial score (nSPS) is 9.88. The molecule has 0 aliphatic carbocycles. The van der Waals surface area contributed by atoms with Crippen LogP contribution >= 0.6 is 0 Å². The van der Waals surface area contributed by atoms with Gasteiger partial charge in [0.15, 0.2) is 9.84 Å². The fourth-order valence-electron chi connectivity index (χ4n) is 3.12. The Morgan fingerprint density at radius 2 is 1.45 bits per heavy atom. The van der Waals surface area contributed by atoms with Crippen LogP contribution in [0.15, 0.2) is 71.8 Å².